The fourth-order valence-corrected chi connectivity index (χ4v) is 2.11. The van der Waals surface area contributed by atoms with Gasteiger partial charge in [-0.2, -0.15) is 0 Å². The molecule has 0 radical (unpaired) electrons. The van der Waals surface area contributed by atoms with E-state index < -0.39 is 5.97 Å². The molecule has 2 rings (SSSR count). The molecule has 0 spiro atoms. The number of nitrogens with two attached hydrogens (primary N) is 1. The third kappa shape index (κ3) is 3.59. The predicted octanol–water partition coefficient (Wildman–Crippen LogP) is 0.711. The summed E-state index contributed by atoms with van der Waals surface area (Å²) in [5.74, 6) is -0.971. The first kappa shape index (κ1) is 13.6. The Labute approximate surface area is 112 Å². The van der Waals surface area contributed by atoms with Crippen molar-refractivity contribution in [2.75, 3.05) is 50.4 Å². The van der Waals surface area contributed by atoms with E-state index in [2.05, 4.69) is 10.2 Å². The van der Waals surface area contributed by atoms with E-state index in [-0.39, 0.29) is 5.56 Å². The maximum Gasteiger partial charge on any atom is 0.337 e. The molecule has 0 atom stereocenters. The van der Waals surface area contributed by atoms with Crippen LogP contribution in [0, 0.1) is 0 Å². The number of ether oxygens (including phenoxy) is 1. The van der Waals surface area contributed by atoms with Crippen LogP contribution in [0.5, 0.6) is 0 Å². The maximum absolute atomic E-state index is 11.1. The van der Waals surface area contributed by atoms with Gasteiger partial charge in [0.25, 0.3) is 0 Å². The summed E-state index contributed by atoms with van der Waals surface area (Å²) < 4.78 is 5.27. The summed E-state index contributed by atoms with van der Waals surface area (Å²) in [6, 6.07) is 4.89. The number of morpholine rings is 1. The van der Waals surface area contributed by atoms with E-state index in [1.807, 2.05) is 0 Å². The molecule has 0 unspecified atom stereocenters. The fraction of sp³-hybridized carbons (Fsp3) is 0.462. The van der Waals surface area contributed by atoms with Crippen molar-refractivity contribution in [3.8, 4) is 0 Å². The van der Waals surface area contributed by atoms with Gasteiger partial charge >= 0.3 is 5.97 Å². The van der Waals surface area contributed by atoms with Gasteiger partial charge in [0.05, 0.1) is 30.2 Å². The maximum atomic E-state index is 11.1. The molecular weight excluding hydrogens is 246 g/mol. The molecule has 1 saturated heterocycles. The van der Waals surface area contributed by atoms with Crippen molar-refractivity contribution in [1.29, 1.82) is 0 Å². The molecule has 0 aliphatic carbocycles. The van der Waals surface area contributed by atoms with Crippen LogP contribution < -0.4 is 11.1 Å². The van der Waals surface area contributed by atoms with Crippen molar-refractivity contribution in [3.63, 3.8) is 0 Å². The number of rotatable bonds is 5. The van der Waals surface area contributed by atoms with Gasteiger partial charge < -0.3 is 20.9 Å². The van der Waals surface area contributed by atoms with Crippen LogP contribution in [0.1, 0.15) is 10.4 Å². The minimum absolute atomic E-state index is 0.210. The number of hydrogen-bond donors (Lipinski definition) is 3. The predicted molar refractivity (Wildman–Crippen MR) is 73.6 cm³/mol. The van der Waals surface area contributed by atoms with Crippen LogP contribution in [0.2, 0.25) is 0 Å². The normalized spacial score (nSPS) is 16.2. The summed E-state index contributed by atoms with van der Waals surface area (Å²) in [6.07, 6.45) is 0. The average Bonchev–Trinajstić information content (AvgIpc) is 2.41. The second-order valence-corrected chi connectivity index (χ2v) is 4.46. The number of aromatic carboxylic acids is 1. The lowest BCUT2D eigenvalue weighted by Crippen LogP contribution is -2.39. The third-order valence-corrected chi connectivity index (χ3v) is 3.16. The highest BCUT2D eigenvalue weighted by Gasteiger charge is 2.13. The van der Waals surface area contributed by atoms with E-state index >= 15 is 0 Å². The molecule has 6 heteroatoms. The number of hydrogen-bond acceptors (Lipinski definition) is 5. The molecule has 4 N–H and O–H groups in total. The van der Waals surface area contributed by atoms with E-state index in [1.165, 1.54) is 0 Å². The molecule has 1 aromatic rings. The van der Waals surface area contributed by atoms with Gasteiger partial charge in [-0.1, -0.05) is 6.07 Å². The quantitative estimate of drug-likeness (QED) is 0.680. The summed E-state index contributed by atoms with van der Waals surface area (Å²) in [6.45, 7) is 4.85. The van der Waals surface area contributed by atoms with Crippen LogP contribution in [0.3, 0.4) is 0 Å². The highest BCUT2D eigenvalue weighted by Crippen LogP contribution is 2.23. The molecular formula is C13H19N3O3. The monoisotopic (exact) mass is 265 g/mol. The van der Waals surface area contributed by atoms with E-state index in [0.29, 0.717) is 17.9 Å². The van der Waals surface area contributed by atoms with Gasteiger partial charge in [0.2, 0.25) is 0 Å². The Morgan fingerprint density at radius 1 is 1.42 bits per heavy atom. The number of nitrogens with one attached hydrogen (secondary N) is 1. The van der Waals surface area contributed by atoms with Crippen LogP contribution in [0.4, 0.5) is 11.4 Å². The summed E-state index contributed by atoms with van der Waals surface area (Å²) in [4.78, 5) is 13.4. The molecule has 19 heavy (non-hydrogen) atoms. The van der Waals surface area contributed by atoms with Gasteiger partial charge in [-0.05, 0) is 12.1 Å². The summed E-state index contributed by atoms with van der Waals surface area (Å²) >= 11 is 0. The average molecular weight is 265 g/mol. The van der Waals surface area contributed by atoms with E-state index in [4.69, 9.17) is 15.6 Å². The largest absolute Gasteiger partial charge is 0.478 e. The number of carbonyl (C=O) groups is 1. The molecule has 1 heterocycles. The Kier molecular flexibility index (Phi) is 4.59. The molecule has 0 aromatic heterocycles. The molecule has 0 amide bonds. The van der Waals surface area contributed by atoms with Crippen molar-refractivity contribution in [2.45, 2.75) is 0 Å². The Morgan fingerprint density at radius 3 is 2.84 bits per heavy atom. The Bertz CT molecular complexity index is 445. The molecule has 6 nitrogen and oxygen atoms in total. The molecule has 0 saturated carbocycles. The van der Waals surface area contributed by atoms with Crippen LogP contribution in [-0.4, -0.2) is 55.4 Å². The van der Waals surface area contributed by atoms with E-state index in [9.17, 15) is 4.79 Å². The standard InChI is InChI=1S/C13H19N3O3/c14-11-3-1-2-10(13(17)18)12(11)15-4-5-16-6-8-19-9-7-16/h1-3,15H,4-9,14H2,(H,17,18). The second kappa shape index (κ2) is 6.40. The molecule has 104 valence electrons. The Morgan fingerprint density at radius 2 is 2.16 bits per heavy atom. The van der Waals surface area contributed by atoms with Crippen molar-refractivity contribution >= 4 is 17.3 Å². The lowest BCUT2D eigenvalue weighted by Gasteiger charge is -2.26. The highest BCUT2D eigenvalue weighted by molar-refractivity contribution is 5.97. The first-order chi connectivity index (χ1) is 9.18. The van der Waals surface area contributed by atoms with Crippen molar-refractivity contribution in [1.82, 2.24) is 4.90 Å². The van der Waals surface area contributed by atoms with Crippen molar-refractivity contribution < 1.29 is 14.6 Å². The van der Waals surface area contributed by atoms with Gasteiger partial charge in [-0.3, -0.25) is 4.90 Å². The van der Waals surface area contributed by atoms with E-state index in [0.717, 1.165) is 32.8 Å². The summed E-state index contributed by atoms with van der Waals surface area (Å²) in [5.41, 5.74) is 6.99. The van der Waals surface area contributed by atoms with Gasteiger partial charge in [0, 0.05) is 26.2 Å². The van der Waals surface area contributed by atoms with Crippen LogP contribution in [0.15, 0.2) is 18.2 Å². The van der Waals surface area contributed by atoms with E-state index in [1.54, 1.807) is 18.2 Å². The van der Waals surface area contributed by atoms with Gasteiger partial charge in [0.15, 0.2) is 0 Å². The lowest BCUT2D eigenvalue weighted by atomic mass is 10.1. The van der Waals surface area contributed by atoms with Gasteiger partial charge in [0.1, 0.15) is 0 Å². The third-order valence-electron chi connectivity index (χ3n) is 3.16. The molecule has 1 aliphatic rings. The van der Waals surface area contributed by atoms with Crippen LogP contribution in [-0.2, 0) is 4.74 Å². The smallest absolute Gasteiger partial charge is 0.337 e. The van der Waals surface area contributed by atoms with Crippen molar-refractivity contribution in [2.24, 2.45) is 0 Å². The summed E-state index contributed by atoms with van der Waals surface area (Å²) in [5, 5.41) is 12.2. The van der Waals surface area contributed by atoms with Gasteiger partial charge in [-0.25, -0.2) is 4.79 Å². The SMILES string of the molecule is Nc1cccc(C(=O)O)c1NCCN1CCOCC1. The number of benzene rings is 1. The molecule has 1 aromatic carbocycles. The molecule has 1 aliphatic heterocycles. The number of nitrogens with zero attached hydrogens (tertiary/aromatic N) is 1. The van der Waals surface area contributed by atoms with Gasteiger partial charge in [-0.15, -0.1) is 0 Å². The Balaban J connectivity index is 1.93. The number of carboxylic acids is 1. The first-order valence-corrected chi connectivity index (χ1v) is 6.34. The fourth-order valence-electron chi connectivity index (χ4n) is 2.11. The first-order valence-electron chi connectivity index (χ1n) is 6.34. The highest BCUT2D eigenvalue weighted by atomic mass is 16.5. The number of carboxylic acid groups (broad SMARTS) is 1. The zero-order chi connectivity index (χ0) is 13.7. The minimum Gasteiger partial charge on any atom is -0.478 e. The van der Waals surface area contributed by atoms with Crippen LogP contribution in [0.25, 0.3) is 0 Å². The summed E-state index contributed by atoms with van der Waals surface area (Å²) in [7, 11) is 0. The molecule has 0 bridgehead atoms. The van der Waals surface area contributed by atoms with Crippen LogP contribution >= 0.6 is 0 Å². The molecule has 1 fully saturated rings. The zero-order valence-corrected chi connectivity index (χ0v) is 10.8. The number of para-hydroxylation sites is 1. The zero-order valence-electron chi connectivity index (χ0n) is 10.8. The minimum atomic E-state index is -0.971. The van der Waals surface area contributed by atoms with Crippen molar-refractivity contribution in [3.05, 3.63) is 23.8 Å². The second-order valence-electron chi connectivity index (χ2n) is 4.46. The Hall–Kier alpha value is -1.79. The number of anilines is 2. The topological polar surface area (TPSA) is 87.8 Å². The number of nitrogen functional groups attached to an aromatic ring is 1. The lowest BCUT2D eigenvalue weighted by molar-refractivity contribution is 0.0398.